The van der Waals surface area contributed by atoms with Crippen molar-refractivity contribution in [3.8, 4) is 0 Å². The van der Waals surface area contributed by atoms with Gasteiger partial charge in [-0.2, -0.15) is 0 Å². The van der Waals surface area contributed by atoms with Gasteiger partial charge in [0.25, 0.3) is 0 Å². The number of rotatable bonds is 0. The van der Waals surface area contributed by atoms with Crippen molar-refractivity contribution >= 4 is 85.9 Å². The summed E-state index contributed by atoms with van der Waals surface area (Å²) < 4.78 is 2.78. The predicted molar refractivity (Wildman–Crippen MR) is 110 cm³/mol. The zero-order valence-electron chi connectivity index (χ0n) is 12.6. The van der Waals surface area contributed by atoms with Crippen molar-refractivity contribution in [2.24, 2.45) is 0 Å². The smallest absolute Gasteiger partial charge is 0.0349 e. The molecule has 0 radical (unpaired) electrons. The monoisotopic (exact) mass is 338 g/mol. The lowest BCUT2D eigenvalue weighted by atomic mass is 9.85. The van der Waals surface area contributed by atoms with Crippen molar-refractivity contribution in [1.29, 1.82) is 0 Å². The van der Waals surface area contributed by atoms with E-state index in [-0.39, 0.29) is 0 Å². The predicted octanol–water partition coefficient (Wildman–Crippen LogP) is 7.60. The summed E-state index contributed by atoms with van der Waals surface area (Å²) in [6, 6.07) is 18.7. The van der Waals surface area contributed by atoms with Gasteiger partial charge in [-0.05, 0) is 113 Å². The summed E-state index contributed by atoms with van der Waals surface area (Å²) in [6.45, 7) is 0. The fraction of sp³-hybridized carbons (Fsp3) is 0. The van der Waals surface area contributed by atoms with Crippen molar-refractivity contribution in [3.63, 3.8) is 0 Å². The van der Waals surface area contributed by atoms with Crippen molar-refractivity contribution in [2.75, 3.05) is 0 Å². The molecule has 0 saturated heterocycles. The average Bonchev–Trinajstić information content (AvgIpc) is 3.24. The van der Waals surface area contributed by atoms with Gasteiger partial charge in [0.1, 0.15) is 0 Å². The highest BCUT2D eigenvalue weighted by Crippen LogP contribution is 2.46. The zero-order chi connectivity index (χ0) is 15.4. The number of fused-ring (bicyclic) bond motifs is 10. The van der Waals surface area contributed by atoms with Gasteiger partial charge in [-0.3, -0.25) is 0 Å². The van der Waals surface area contributed by atoms with Crippen molar-refractivity contribution in [1.82, 2.24) is 0 Å². The minimum absolute atomic E-state index is 1.37. The van der Waals surface area contributed by atoms with E-state index in [4.69, 9.17) is 0 Å². The summed E-state index contributed by atoms with van der Waals surface area (Å²) in [5.74, 6) is 0. The molecule has 0 fully saturated rings. The van der Waals surface area contributed by atoms with Gasteiger partial charge < -0.3 is 0 Å². The van der Waals surface area contributed by atoms with E-state index in [9.17, 15) is 0 Å². The van der Waals surface area contributed by atoms with Crippen LogP contribution in [0.3, 0.4) is 0 Å². The fourth-order valence-corrected chi connectivity index (χ4v) is 5.90. The maximum atomic E-state index is 2.41. The first-order chi connectivity index (χ1) is 11.9. The Kier molecular flexibility index (Phi) is 1.90. The SMILES string of the molecule is c1cc2cc3c(cc2s1)c1cc2c4cc5ccsc5cc4c2cc31. The van der Waals surface area contributed by atoms with E-state index in [0.29, 0.717) is 0 Å². The lowest BCUT2D eigenvalue weighted by Crippen LogP contribution is -1.90. The van der Waals surface area contributed by atoms with Crippen LogP contribution in [0.4, 0.5) is 0 Å². The molecular formula is C22H10S2. The van der Waals surface area contributed by atoms with Crippen molar-refractivity contribution in [3.05, 3.63) is 59.3 Å². The first kappa shape index (κ1) is 12.0. The average molecular weight is 338 g/mol. The van der Waals surface area contributed by atoms with Crippen LogP contribution in [-0.4, -0.2) is 0 Å². The molecule has 0 amide bonds. The highest BCUT2D eigenvalue weighted by Gasteiger charge is 2.17. The van der Waals surface area contributed by atoms with Crippen LogP contribution in [0.25, 0.3) is 63.3 Å². The third-order valence-electron chi connectivity index (χ3n) is 5.50. The van der Waals surface area contributed by atoms with Crippen LogP contribution in [0.2, 0.25) is 0 Å². The van der Waals surface area contributed by atoms with Crippen molar-refractivity contribution < 1.29 is 0 Å². The van der Waals surface area contributed by atoms with Gasteiger partial charge in [0.05, 0.1) is 0 Å². The molecule has 110 valence electrons. The van der Waals surface area contributed by atoms with E-state index in [1.54, 1.807) is 0 Å². The maximum absolute atomic E-state index is 2.41. The summed E-state index contributed by atoms with van der Waals surface area (Å²) >= 11 is 3.66. The fourth-order valence-electron chi connectivity index (χ4n) is 4.28. The Balaban J connectivity index is 1.66. The Bertz CT molecular complexity index is 1320. The van der Waals surface area contributed by atoms with Crippen molar-refractivity contribution in [2.45, 2.75) is 0 Å². The largest absolute Gasteiger partial charge is 0.144 e. The molecule has 24 heavy (non-hydrogen) atoms. The van der Waals surface area contributed by atoms with E-state index in [1.165, 1.54) is 63.3 Å². The van der Waals surface area contributed by atoms with E-state index in [2.05, 4.69) is 59.3 Å². The molecule has 0 aliphatic heterocycles. The maximum Gasteiger partial charge on any atom is 0.0349 e. The Labute approximate surface area is 145 Å². The molecule has 0 aliphatic rings. The lowest BCUT2D eigenvalue weighted by molar-refractivity contribution is 1.89. The van der Waals surface area contributed by atoms with Gasteiger partial charge in [0.15, 0.2) is 0 Å². The Hall–Kier alpha value is -2.42. The minimum Gasteiger partial charge on any atom is -0.144 e. The van der Waals surface area contributed by atoms with Gasteiger partial charge >= 0.3 is 0 Å². The highest BCUT2D eigenvalue weighted by atomic mass is 32.1. The summed E-state index contributed by atoms with van der Waals surface area (Å²) in [7, 11) is 0. The van der Waals surface area contributed by atoms with Gasteiger partial charge in [-0.15, -0.1) is 22.7 Å². The molecule has 0 nitrogen and oxygen atoms in total. The molecule has 2 heterocycles. The Morgan fingerprint density at radius 2 is 0.792 bits per heavy atom. The third kappa shape index (κ3) is 1.25. The molecule has 7 aromatic rings. The van der Waals surface area contributed by atoms with E-state index < -0.39 is 0 Å². The van der Waals surface area contributed by atoms with Crippen LogP contribution in [0.5, 0.6) is 0 Å². The molecule has 0 saturated carbocycles. The Morgan fingerprint density at radius 3 is 1.25 bits per heavy atom. The number of hydrogen-bond donors (Lipinski definition) is 0. The second-order valence-corrected chi connectivity index (χ2v) is 8.55. The molecule has 0 aliphatic carbocycles. The first-order valence-electron chi connectivity index (χ1n) is 8.09. The molecule has 0 atom stereocenters. The summed E-state index contributed by atoms with van der Waals surface area (Å²) in [5.41, 5.74) is 0. The van der Waals surface area contributed by atoms with Crippen LogP contribution >= 0.6 is 22.7 Å². The van der Waals surface area contributed by atoms with Gasteiger partial charge in [0.2, 0.25) is 0 Å². The molecule has 5 aromatic carbocycles. The number of thiophene rings is 2. The highest BCUT2D eigenvalue weighted by molar-refractivity contribution is 7.17. The zero-order valence-corrected chi connectivity index (χ0v) is 14.2. The molecule has 0 bridgehead atoms. The molecule has 0 unspecified atom stereocenters. The van der Waals surface area contributed by atoms with Crippen LogP contribution in [0.1, 0.15) is 0 Å². The molecular weight excluding hydrogens is 328 g/mol. The van der Waals surface area contributed by atoms with E-state index in [0.717, 1.165) is 0 Å². The van der Waals surface area contributed by atoms with Gasteiger partial charge in [-0.25, -0.2) is 0 Å². The summed E-state index contributed by atoms with van der Waals surface area (Å²) in [5, 5.41) is 18.5. The Morgan fingerprint density at radius 1 is 0.417 bits per heavy atom. The van der Waals surface area contributed by atoms with Gasteiger partial charge in [0, 0.05) is 9.40 Å². The van der Waals surface area contributed by atoms with Gasteiger partial charge in [-0.1, -0.05) is 0 Å². The molecule has 0 spiro atoms. The van der Waals surface area contributed by atoms with Crippen LogP contribution in [0.15, 0.2) is 59.3 Å². The standard InChI is InChI=1S/C22H10S2/c1-3-23-21-9-19-13(5-11(1)21)15-7-18-16(8-17(15)19)14-6-12-2-4-24-22(12)10-20(14)18/h1-10H. The second-order valence-electron chi connectivity index (χ2n) is 6.66. The van der Waals surface area contributed by atoms with E-state index in [1.807, 2.05) is 22.7 Å². The van der Waals surface area contributed by atoms with E-state index >= 15 is 0 Å². The molecule has 2 aromatic heterocycles. The topological polar surface area (TPSA) is 0 Å². The second kappa shape index (κ2) is 3.80. The van der Waals surface area contributed by atoms with Crippen LogP contribution in [0, 0.1) is 0 Å². The first-order valence-corrected chi connectivity index (χ1v) is 9.85. The number of benzene rings is 3. The molecule has 7 rings (SSSR count). The molecule has 2 heteroatoms. The number of hydrogen-bond acceptors (Lipinski definition) is 2. The normalized spacial score (nSPS) is 13.0. The minimum atomic E-state index is 1.37. The summed E-state index contributed by atoms with van der Waals surface area (Å²) in [4.78, 5) is 0. The lowest BCUT2D eigenvalue weighted by Gasteiger charge is -2.18. The van der Waals surface area contributed by atoms with Crippen LogP contribution in [-0.2, 0) is 0 Å². The quantitative estimate of drug-likeness (QED) is 0.267. The van der Waals surface area contributed by atoms with Crippen LogP contribution < -0.4 is 0 Å². The summed E-state index contributed by atoms with van der Waals surface area (Å²) in [6.07, 6.45) is 0. The molecule has 0 N–H and O–H groups in total. The third-order valence-corrected chi connectivity index (χ3v) is 7.26.